The molecule has 1 aromatic heterocycles. The molecule has 0 saturated heterocycles. The van der Waals surface area contributed by atoms with Gasteiger partial charge in [-0.15, -0.1) is 0 Å². The minimum atomic E-state index is -0.207. The molecule has 0 radical (unpaired) electrons. The molecule has 0 atom stereocenters. The van der Waals surface area contributed by atoms with Crippen LogP contribution in [0.4, 0.5) is 0 Å². The zero-order chi connectivity index (χ0) is 14.4. The van der Waals surface area contributed by atoms with Crippen LogP contribution in [0.3, 0.4) is 0 Å². The summed E-state index contributed by atoms with van der Waals surface area (Å²) in [5, 5.41) is 1.88. The first kappa shape index (κ1) is 13.9. The zero-order valence-electron chi connectivity index (χ0n) is 12.7. The average molecular weight is 257 g/mol. The smallest absolute Gasteiger partial charge is 0.258 e. The predicted octanol–water partition coefficient (Wildman–Crippen LogP) is 4.05. The molecule has 0 saturated carbocycles. The van der Waals surface area contributed by atoms with Crippen LogP contribution in [0.15, 0.2) is 35.3 Å². The normalized spacial score (nSPS) is 12.9. The van der Waals surface area contributed by atoms with E-state index >= 15 is 0 Å². The lowest BCUT2D eigenvalue weighted by atomic mass is 9.84. The van der Waals surface area contributed by atoms with E-state index in [0.29, 0.717) is 0 Å². The van der Waals surface area contributed by atoms with Gasteiger partial charge >= 0.3 is 0 Å². The van der Waals surface area contributed by atoms with E-state index in [2.05, 4.69) is 41.5 Å². The maximum Gasteiger partial charge on any atom is 0.258 e. The lowest BCUT2D eigenvalue weighted by Crippen LogP contribution is -2.35. The van der Waals surface area contributed by atoms with Crippen molar-refractivity contribution in [2.24, 2.45) is 0 Å². The van der Waals surface area contributed by atoms with Gasteiger partial charge in [0.15, 0.2) is 0 Å². The van der Waals surface area contributed by atoms with Crippen molar-refractivity contribution in [1.82, 2.24) is 4.57 Å². The first-order valence-electron chi connectivity index (χ1n) is 6.78. The second-order valence-electron chi connectivity index (χ2n) is 7.18. The topological polar surface area (TPSA) is 22.0 Å². The molecule has 2 heteroatoms. The number of hydrogen-bond donors (Lipinski definition) is 0. The van der Waals surface area contributed by atoms with E-state index in [-0.39, 0.29) is 16.5 Å². The molecular weight excluding hydrogens is 234 g/mol. The Labute approximate surface area is 115 Å². The van der Waals surface area contributed by atoms with Gasteiger partial charge in [-0.05, 0) is 43.2 Å². The molecule has 0 fully saturated rings. The molecule has 19 heavy (non-hydrogen) atoms. The van der Waals surface area contributed by atoms with Gasteiger partial charge in [0, 0.05) is 17.1 Å². The number of aromatic nitrogens is 1. The van der Waals surface area contributed by atoms with E-state index in [1.807, 2.05) is 35.0 Å². The van der Waals surface area contributed by atoms with Gasteiger partial charge in [0.25, 0.3) is 5.56 Å². The molecule has 0 aliphatic carbocycles. The summed E-state index contributed by atoms with van der Waals surface area (Å²) in [5.74, 6) is 0. The minimum absolute atomic E-state index is 0.0142. The molecular formula is C17H23NO. The quantitative estimate of drug-likeness (QED) is 0.697. The average Bonchev–Trinajstić information content (AvgIpc) is 2.26. The Morgan fingerprint density at radius 2 is 1.42 bits per heavy atom. The number of hydrogen-bond acceptors (Lipinski definition) is 1. The maximum absolute atomic E-state index is 12.6. The van der Waals surface area contributed by atoms with Gasteiger partial charge < -0.3 is 4.57 Å². The Bertz CT molecular complexity index is 666. The van der Waals surface area contributed by atoms with Gasteiger partial charge in [-0.25, -0.2) is 0 Å². The second kappa shape index (κ2) is 4.22. The van der Waals surface area contributed by atoms with E-state index in [4.69, 9.17) is 0 Å². The van der Waals surface area contributed by atoms with Gasteiger partial charge in [0.2, 0.25) is 0 Å². The highest BCUT2D eigenvalue weighted by molar-refractivity contribution is 5.85. The van der Waals surface area contributed by atoms with Crippen LogP contribution in [0.5, 0.6) is 0 Å². The summed E-state index contributed by atoms with van der Waals surface area (Å²) in [4.78, 5) is 12.6. The Balaban J connectivity index is 2.97. The van der Waals surface area contributed by atoms with Crippen LogP contribution in [0.1, 0.15) is 47.1 Å². The van der Waals surface area contributed by atoms with E-state index in [1.54, 1.807) is 0 Å². The van der Waals surface area contributed by atoms with Crippen molar-refractivity contribution in [2.75, 3.05) is 0 Å². The summed E-state index contributed by atoms with van der Waals surface area (Å²) >= 11 is 0. The van der Waals surface area contributed by atoms with Crippen molar-refractivity contribution < 1.29 is 0 Å². The third kappa shape index (κ3) is 2.44. The Kier molecular flexibility index (Phi) is 3.08. The van der Waals surface area contributed by atoms with Crippen molar-refractivity contribution >= 4 is 10.8 Å². The van der Waals surface area contributed by atoms with E-state index in [0.717, 1.165) is 10.8 Å². The number of pyridine rings is 1. The highest BCUT2D eigenvalue weighted by atomic mass is 16.1. The van der Waals surface area contributed by atoms with Crippen molar-refractivity contribution in [2.45, 2.75) is 52.5 Å². The maximum atomic E-state index is 12.6. The molecule has 0 aliphatic heterocycles. The molecule has 2 rings (SSSR count). The molecule has 0 spiro atoms. The molecule has 0 aliphatic rings. The van der Waals surface area contributed by atoms with Crippen LogP contribution < -0.4 is 5.56 Å². The third-order valence-electron chi connectivity index (χ3n) is 3.46. The Morgan fingerprint density at radius 1 is 0.895 bits per heavy atom. The molecule has 0 amide bonds. The minimum Gasteiger partial charge on any atom is -0.309 e. The van der Waals surface area contributed by atoms with Crippen LogP contribution >= 0.6 is 0 Å². The van der Waals surface area contributed by atoms with Crippen LogP contribution in [-0.2, 0) is 11.0 Å². The Morgan fingerprint density at radius 3 is 1.89 bits per heavy atom. The number of rotatable bonds is 0. The highest BCUT2D eigenvalue weighted by Crippen LogP contribution is 2.29. The standard InChI is InChI=1S/C17H23NO/c1-16(2,3)14-11-18(17(4,5)6)15(19)13-10-8-7-9-12(13)14/h7-11H,1-6H3. The van der Waals surface area contributed by atoms with E-state index < -0.39 is 0 Å². The summed E-state index contributed by atoms with van der Waals surface area (Å²) in [7, 11) is 0. The van der Waals surface area contributed by atoms with Gasteiger partial charge in [0.05, 0.1) is 0 Å². The first-order valence-corrected chi connectivity index (χ1v) is 6.78. The summed E-state index contributed by atoms with van der Waals surface area (Å²) in [6, 6.07) is 7.90. The van der Waals surface area contributed by atoms with E-state index in [9.17, 15) is 4.79 Å². The van der Waals surface area contributed by atoms with Crippen molar-refractivity contribution in [3.63, 3.8) is 0 Å². The van der Waals surface area contributed by atoms with Gasteiger partial charge in [-0.2, -0.15) is 0 Å². The molecule has 2 aromatic rings. The second-order valence-corrected chi connectivity index (χ2v) is 7.18. The molecule has 0 bridgehead atoms. The first-order chi connectivity index (χ1) is 8.62. The zero-order valence-corrected chi connectivity index (χ0v) is 12.7. The summed E-state index contributed by atoms with van der Waals surface area (Å²) in [6.45, 7) is 12.8. The molecule has 0 unspecified atom stereocenters. The summed E-state index contributed by atoms with van der Waals surface area (Å²) in [5.41, 5.74) is 1.12. The van der Waals surface area contributed by atoms with Gasteiger partial charge in [-0.3, -0.25) is 4.79 Å². The van der Waals surface area contributed by atoms with Crippen LogP contribution in [-0.4, -0.2) is 4.57 Å². The van der Waals surface area contributed by atoms with Crippen molar-refractivity contribution in [1.29, 1.82) is 0 Å². The van der Waals surface area contributed by atoms with Crippen molar-refractivity contribution in [3.05, 3.63) is 46.4 Å². The molecule has 0 N–H and O–H groups in total. The largest absolute Gasteiger partial charge is 0.309 e. The van der Waals surface area contributed by atoms with Gasteiger partial charge in [-0.1, -0.05) is 39.0 Å². The SMILES string of the molecule is CC(C)(C)c1cn(C(C)(C)C)c(=O)c2ccccc12. The van der Waals surface area contributed by atoms with Crippen LogP contribution in [0.2, 0.25) is 0 Å². The summed E-state index contributed by atoms with van der Waals surface area (Å²) in [6.07, 6.45) is 2.03. The van der Waals surface area contributed by atoms with Crippen molar-refractivity contribution in [3.8, 4) is 0 Å². The predicted molar refractivity (Wildman–Crippen MR) is 81.9 cm³/mol. The monoisotopic (exact) mass is 257 g/mol. The van der Waals surface area contributed by atoms with E-state index in [1.165, 1.54) is 5.56 Å². The number of benzene rings is 1. The molecule has 1 aromatic carbocycles. The lowest BCUT2D eigenvalue weighted by Gasteiger charge is -2.28. The Hall–Kier alpha value is -1.57. The lowest BCUT2D eigenvalue weighted by molar-refractivity contribution is 0.382. The fraction of sp³-hybridized carbons (Fsp3) is 0.471. The molecule has 2 nitrogen and oxygen atoms in total. The van der Waals surface area contributed by atoms with Gasteiger partial charge in [0.1, 0.15) is 0 Å². The van der Waals surface area contributed by atoms with Crippen LogP contribution in [0.25, 0.3) is 10.8 Å². The third-order valence-corrected chi connectivity index (χ3v) is 3.46. The number of nitrogens with zero attached hydrogens (tertiary/aromatic N) is 1. The molecule has 1 heterocycles. The fourth-order valence-electron chi connectivity index (χ4n) is 2.39. The molecule has 102 valence electrons. The summed E-state index contributed by atoms with van der Waals surface area (Å²) < 4.78 is 1.86. The number of fused-ring (bicyclic) bond motifs is 1. The fourth-order valence-corrected chi connectivity index (χ4v) is 2.39. The van der Waals surface area contributed by atoms with Crippen LogP contribution in [0, 0.1) is 0 Å². The highest BCUT2D eigenvalue weighted by Gasteiger charge is 2.23.